The molecule has 2 aliphatic heterocycles. The lowest BCUT2D eigenvalue weighted by Crippen LogP contribution is -2.50. The minimum Gasteiger partial charge on any atom is -0.508 e. The lowest BCUT2D eigenvalue weighted by molar-refractivity contribution is 0.186. The number of nitrogens with zero attached hydrogens (tertiary/aromatic N) is 3. The molecule has 28 heavy (non-hydrogen) atoms. The first-order chi connectivity index (χ1) is 13.2. The number of pyridine rings is 2. The van der Waals surface area contributed by atoms with Crippen LogP contribution >= 0.6 is 0 Å². The van der Waals surface area contributed by atoms with E-state index in [1.54, 1.807) is 17.6 Å². The smallest absolute Gasteiger partial charge is 0.254 e. The molecule has 0 spiro atoms. The van der Waals surface area contributed by atoms with Gasteiger partial charge in [0.1, 0.15) is 5.75 Å². The van der Waals surface area contributed by atoms with Crippen molar-refractivity contribution in [1.29, 1.82) is 0 Å². The van der Waals surface area contributed by atoms with Crippen LogP contribution in [0.4, 0.5) is 0 Å². The summed E-state index contributed by atoms with van der Waals surface area (Å²) in [5, 5.41) is 9.48. The summed E-state index contributed by atoms with van der Waals surface area (Å²) in [6.45, 7) is 2.98. The number of piperidine rings is 1. The molecule has 150 valence electrons. The molecule has 2 bridgehead atoms. The number of hydrogen-bond donors (Lipinski definition) is 1. The third-order valence-electron chi connectivity index (χ3n) is 5.73. The van der Waals surface area contributed by atoms with Crippen LogP contribution in [0.25, 0.3) is 0 Å². The molecule has 0 aliphatic carbocycles. The average molecular weight is 405 g/mol. The summed E-state index contributed by atoms with van der Waals surface area (Å²) >= 11 is 0. The van der Waals surface area contributed by atoms with Gasteiger partial charge in [-0.1, -0.05) is 6.07 Å². The minimum atomic E-state index is -3.56. The zero-order chi connectivity index (χ0) is 20.1. The first kappa shape index (κ1) is 18.9. The summed E-state index contributed by atoms with van der Waals surface area (Å²) in [6, 6.07) is 7.68. The first-order valence-electron chi connectivity index (χ1n) is 9.32. The number of sulfonamides is 1. The molecule has 1 fully saturated rings. The monoisotopic (exact) mass is 405 g/mol. The summed E-state index contributed by atoms with van der Waals surface area (Å²) in [4.78, 5) is 24.1. The second-order valence-electron chi connectivity index (χ2n) is 7.68. The van der Waals surface area contributed by atoms with Crippen LogP contribution in [0.1, 0.15) is 23.7 Å². The van der Waals surface area contributed by atoms with Gasteiger partial charge in [0.2, 0.25) is 10.0 Å². The van der Waals surface area contributed by atoms with Gasteiger partial charge in [-0.2, -0.15) is 0 Å². The van der Waals surface area contributed by atoms with Crippen molar-refractivity contribution in [1.82, 2.24) is 13.4 Å². The number of aromatic nitrogens is 2. The Morgan fingerprint density at radius 1 is 1.11 bits per heavy atom. The van der Waals surface area contributed by atoms with Crippen LogP contribution in [-0.2, 0) is 23.1 Å². The summed E-state index contributed by atoms with van der Waals surface area (Å²) < 4.78 is 30.5. The lowest BCUT2D eigenvalue weighted by atomic mass is 9.84. The van der Waals surface area contributed by atoms with E-state index in [0.717, 1.165) is 18.2 Å². The van der Waals surface area contributed by atoms with Crippen molar-refractivity contribution >= 4 is 10.0 Å². The van der Waals surface area contributed by atoms with Crippen LogP contribution in [-0.4, -0.2) is 45.8 Å². The van der Waals surface area contributed by atoms with E-state index in [4.69, 9.17) is 0 Å². The van der Waals surface area contributed by atoms with Gasteiger partial charge in [-0.15, -0.1) is 0 Å². The van der Waals surface area contributed by atoms with Crippen molar-refractivity contribution < 1.29 is 13.5 Å². The van der Waals surface area contributed by atoms with Gasteiger partial charge in [0.25, 0.3) is 11.1 Å². The average Bonchev–Trinajstić information content (AvgIpc) is 2.61. The quantitative estimate of drug-likeness (QED) is 0.797. The van der Waals surface area contributed by atoms with Crippen LogP contribution in [0, 0.1) is 12.8 Å². The largest absolute Gasteiger partial charge is 0.508 e. The van der Waals surface area contributed by atoms with Gasteiger partial charge >= 0.3 is 0 Å². The molecule has 2 unspecified atom stereocenters. The van der Waals surface area contributed by atoms with Gasteiger partial charge in [0.15, 0.2) is 0 Å². The van der Waals surface area contributed by atoms with E-state index in [2.05, 4.69) is 0 Å². The van der Waals surface area contributed by atoms with E-state index >= 15 is 0 Å². The molecule has 0 radical (unpaired) electrons. The molecule has 2 aromatic rings. The molecule has 4 rings (SSSR count). The molecule has 0 aromatic carbocycles. The molecule has 8 nitrogen and oxygen atoms in total. The fourth-order valence-corrected chi connectivity index (χ4v) is 5.93. The van der Waals surface area contributed by atoms with Gasteiger partial charge in [0, 0.05) is 55.6 Å². The predicted octanol–water partition coefficient (Wildman–Crippen LogP) is 0.473. The zero-order valence-corrected chi connectivity index (χ0v) is 16.4. The maximum Gasteiger partial charge on any atom is 0.254 e. The number of aryl methyl sites for hydroxylation is 1. The fraction of sp³-hybridized carbons (Fsp3) is 0.474. The minimum absolute atomic E-state index is 0.00862. The molecular weight excluding hydrogens is 382 g/mol. The zero-order valence-electron chi connectivity index (χ0n) is 15.6. The highest BCUT2D eigenvalue weighted by Crippen LogP contribution is 2.36. The van der Waals surface area contributed by atoms with Crippen LogP contribution < -0.4 is 11.1 Å². The van der Waals surface area contributed by atoms with Crippen molar-refractivity contribution in [3.63, 3.8) is 0 Å². The Hall–Kier alpha value is -2.39. The maximum atomic E-state index is 13.0. The molecule has 4 heterocycles. The SMILES string of the molecule is Cc1cc(O)cc(=O)n1CCS(=O)(=O)N1CC2CC(C1)c1cccc(=O)n1C2. The molecule has 1 saturated heterocycles. The Morgan fingerprint density at radius 2 is 1.89 bits per heavy atom. The molecule has 1 N–H and O–H groups in total. The number of hydrogen-bond acceptors (Lipinski definition) is 5. The van der Waals surface area contributed by atoms with E-state index in [1.807, 2.05) is 6.07 Å². The van der Waals surface area contributed by atoms with E-state index in [0.29, 0.717) is 25.3 Å². The van der Waals surface area contributed by atoms with Crippen molar-refractivity contribution in [3.05, 3.63) is 62.4 Å². The maximum absolute atomic E-state index is 13.0. The Balaban J connectivity index is 1.54. The summed E-state index contributed by atoms with van der Waals surface area (Å²) in [6.07, 6.45) is 0.881. The highest BCUT2D eigenvalue weighted by molar-refractivity contribution is 7.89. The highest BCUT2D eigenvalue weighted by atomic mass is 32.2. The van der Waals surface area contributed by atoms with E-state index in [-0.39, 0.29) is 35.4 Å². The second kappa shape index (κ2) is 6.89. The third kappa shape index (κ3) is 3.40. The van der Waals surface area contributed by atoms with Crippen molar-refractivity contribution in [2.24, 2.45) is 5.92 Å². The number of rotatable bonds is 4. The van der Waals surface area contributed by atoms with Gasteiger partial charge in [-0.25, -0.2) is 12.7 Å². The Labute approximate surface area is 162 Å². The number of fused-ring (bicyclic) bond motifs is 4. The molecular formula is C19H23N3O5S. The van der Waals surface area contributed by atoms with Crippen molar-refractivity contribution in [2.45, 2.75) is 32.4 Å². The molecule has 9 heteroatoms. The fourth-order valence-electron chi connectivity index (χ4n) is 4.41. The van der Waals surface area contributed by atoms with Gasteiger partial charge < -0.3 is 14.2 Å². The predicted molar refractivity (Wildman–Crippen MR) is 104 cm³/mol. The molecule has 2 aliphatic rings. The van der Waals surface area contributed by atoms with Crippen LogP contribution in [0.2, 0.25) is 0 Å². The Bertz CT molecular complexity index is 1130. The summed E-state index contributed by atoms with van der Waals surface area (Å²) in [5.41, 5.74) is 0.959. The van der Waals surface area contributed by atoms with Crippen molar-refractivity contribution in [2.75, 3.05) is 18.8 Å². The highest BCUT2D eigenvalue weighted by Gasteiger charge is 2.38. The lowest BCUT2D eigenvalue weighted by Gasteiger charge is -2.42. The summed E-state index contributed by atoms with van der Waals surface area (Å²) in [7, 11) is -3.56. The first-order valence-corrected chi connectivity index (χ1v) is 10.9. The van der Waals surface area contributed by atoms with E-state index < -0.39 is 15.6 Å². The third-order valence-corrected chi connectivity index (χ3v) is 7.52. The van der Waals surface area contributed by atoms with Crippen LogP contribution in [0.15, 0.2) is 39.9 Å². The van der Waals surface area contributed by atoms with E-state index in [9.17, 15) is 23.1 Å². The van der Waals surface area contributed by atoms with Gasteiger partial charge in [-0.05, 0) is 31.4 Å². The second-order valence-corrected chi connectivity index (χ2v) is 9.76. The van der Waals surface area contributed by atoms with Gasteiger partial charge in [0.05, 0.1) is 5.75 Å². The van der Waals surface area contributed by atoms with E-state index in [1.165, 1.54) is 21.0 Å². The topological polar surface area (TPSA) is 102 Å². The Kier molecular flexibility index (Phi) is 4.67. The molecule has 2 aromatic heterocycles. The molecule has 0 saturated carbocycles. The van der Waals surface area contributed by atoms with Crippen LogP contribution in [0.3, 0.4) is 0 Å². The number of aromatic hydroxyl groups is 1. The molecule has 2 atom stereocenters. The van der Waals surface area contributed by atoms with Crippen LogP contribution in [0.5, 0.6) is 5.75 Å². The standard InChI is InChI=1S/C19H23N3O5S/c1-13-7-16(23)9-19(25)21(13)5-6-28(26,27)20-10-14-8-15(12-20)17-3-2-4-18(24)22(17)11-14/h2-4,7,9,14-15,23H,5-6,8,10-12H2,1H3. The molecule has 0 amide bonds. The Morgan fingerprint density at radius 3 is 2.64 bits per heavy atom. The normalized spacial score (nSPS) is 22.0. The summed E-state index contributed by atoms with van der Waals surface area (Å²) in [5.74, 6) is -0.188. The van der Waals surface area contributed by atoms with Gasteiger partial charge in [-0.3, -0.25) is 9.59 Å². The van der Waals surface area contributed by atoms with Crippen molar-refractivity contribution in [3.8, 4) is 5.75 Å².